The number of hydrogen-bond acceptors (Lipinski definition) is 7. The molecule has 0 aromatic rings. The molecule has 1 N–H and O–H groups in total. The zero-order chi connectivity index (χ0) is 14.3. The molecule has 0 radical (unpaired) electrons. The van der Waals surface area contributed by atoms with Crippen LogP contribution >= 0.6 is 8.46 Å². The predicted octanol–water partition coefficient (Wildman–Crippen LogP) is 0.143. The molecule has 0 amide bonds. The second-order valence-electron chi connectivity index (χ2n) is 3.20. The number of carbonyl (C=O) groups is 4. The minimum Gasteiger partial charge on any atom is -0.481 e. The first-order valence-corrected chi connectivity index (χ1v) is 5.55. The summed E-state index contributed by atoms with van der Waals surface area (Å²) in [4.78, 5) is 43.4. The van der Waals surface area contributed by atoms with Crippen LogP contribution in [0.3, 0.4) is 0 Å². The molecule has 0 saturated carbocycles. The molecule has 0 heterocycles. The highest BCUT2D eigenvalue weighted by Gasteiger charge is 2.29. The number of esters is 2. The Hall–Kier alpha value is -1.82. The average molecular weight is 278 g/mol. The van der Waals surface area contributed by atoms with Crippen LogP contribution in [-0.2, 0) is 33.2 Å². The van der Waals surface area contributed by atoms with Gasteiger partial charge in [-0.25, -0.2) is 4.79 Å². The van der Waals surface area contributed by atoms with Crippen LogP contribution in [0.5, 0.6) is 0 Å². The lowest BCUT2D eigenvalue weighted by molar-refractivity contribution is -0.171. The quantitative estimate of drug-likeness (QED) is 0.515. The molecule has 0 aromatic carbocycles. The van der Waals surface area contributed by atoms with Crippen LogP contribution < -0.4 is 0 Å². The van der Waals surface area contributed by atoms with Crippen molar-refractivity contribution in [1.29, 1.82) is 0 Å². The van der Waals surface area contributed by atoms with Gasteiger partial charge >= 0.3 is 17.9 Å². The number of hydrogen-bond donors (Lipinski definition) is 1. The Kier molecular flexibility index (Phi) is 6.74. The lowest BCUT2D eigenvalue weighted by Crippen LogP contribution is -2.33. The summed E-state index contributed by atoms with van der Waals surface area (Å²) in [5.74, 6) is -3.22. The molecule has 0 bridgehead atoms. The predicted molar refractivity (Wildman–Crippen MR) is 56.0 cm³/mol. The van der Waals surface area contributed by atoms with E-state index in [0.717, 1.165) is 6.92 Å². The van der Waals surface area contributed by atoms with Crippen LogP contribution in [0.25, 0.3) is 0 Å². The minimum atomic E-state index is -1.67. The van der Waals surface area contributed by atoms with Gasteiger partial charge in [-0.1, -0.05) is 0 Å². The molecule has 0 unspecified atom stereocenters. The van der Waals surface area contributed by atoms with Crippen molar-refractivity contribution in [3.05, 3.63) is 0 Å². The molecule has 0 aliphatic heterocycles. The number of aliphatic carboxylic acids is 1. The fourth-order valence-electron chi connectivity index (χ4n) is 0.930. The molecule has 8 nitrogen and oxygen atoms in total. The van der Waals surface area contributed by atoms with Gasteiger partial charge in [0.25, 0.3) is 5.52 Å². The van der Waals surface area contributed by atoms with Gasteiger partial charge in [-0.2, -0.15) is 0 Å². The molecule has 0 aromatic heterocycles. The van der Waals surface area contributed by atoms with E-state index in [9.17, 15) is 23.7 Å². The Morgan fingerprint density at radius 1 is 1.22 bits per heavy atom. The van der Waals surface area contributed by atoms with E-state index < -0.39 is 50.5 Å². The van der Waals surface area contributed by atoms with Gasteiger partial charge in [0.15, 0.2) is 12.2 Å². The van der Waals surface area contributed by atoms with Gasteiger partial charge in [-0.05, 0) is 6.92 Å². The minimum absolute atomic E-state index is 0.734. The van der Waals surface area contributed by atoms with Crippen molar-refractivity contribution in [2.45, 2.75) is 32.5 Å². The lowest BCUT2D eigenvalue weighted by atomic mass is 10.2. The van der Waals surface area contributed by atoms with Crippen LogP contribution in [0.4, 0.5) is 0 Å². The maximum atomic E-state index is 11.3. The Labute approximate surface area is 103 Å². The van der Waals surface area contributed by atoms with E-state index in [0.29, 0.717) is 0 Å². The van der Waals surface area contributed by atoms with Crippen molar-refractivity contribution in [1.82, 2.24) is 0 Å². The van der Waals surface area contributed by atoms with Gasteiger partial charge < -0.3 is 14.6 Å². The van der Waals surface area contributed by atoms with E-state index in [1.807, 2.05) is 0 Å². The highest BCUT2D eigenvalue weighted by molar-refractivity contribution is 7.46. The standard InChI is InChI=1S/C9H11O8P/c1-4(16-5(2)10)8(13)17-6(3-7(11)12)9(14)18-15/h4,6H,3H2,1-2H3,(H,11,12)/t4-,6-/m0/s1. The fraction of sp³-hybridized carbons (Fsp3) is 0.556. The second-order valence-corrected chi connectivity index (χ2v) is 3.83. The van der Waals surface area contributed by atoms with Crippen molar-refractivity contribution in [3.8, 4) is 0 Å². The summed E-state index contributed by atoms with van der Waals surface area (Å²) in [5, 5.41) is 8.49. The van der Waals surface area contributed by atoms with Crippen molar-refractivity contribution in [3.63, 3.8) is 0 Å². The lowest BCUT2D eigenvalue weighted by Gasteiger charge is -2.15. The molecule has 0 rings (SSSR count). The third-order valence-electron chi connectivity index (χ3n) is 1.66. The summed E-state index contributed by atoms with van der Waals surface area (Å²) in [6.07, 6.45) is -3.77. The van der Waals surface area contributed by atoms with Crippen LogP contribution in [0, 0.1) is 0 Å². The van der Waals surface area contributed by atoms with Crippen molar-refractivity contribution in [2.24, 2.45) is 0 Å². The van der Waals surface area contributed by atoms with E-state index >= 15 is 0 Å². The molecule has 100 valence electrons. The molecule has 0 saturated heterocycles. The van der Waals surface area contributed by atoms with Crippen LogP contribution in [0.15, 0.2) is 0 Å². The monoisotopic (exact) mass is 278 g/mol. The topological polar surface area (TPSA) is 124 Å². The summed E-state index contributed by atoms with van der Waals surface area (Å²) in [7, 11) is -0.966. The third-order valence-corrected chi connectivity index (χ3v) is 2.13. The normalized spacial score (nSPS) is 13.4. The van der Waals surface area contributed by atoms with E-state index in [-0.39, 0.29) is 0 Å². The third kappa shape index (κ3) is 6.05. The second kappa shape index (κ2) is 7.50. The Morgan fingerprint density at radius 2 is 1.78 bits per heavy atom. The first-order chi connectivity index (χ1) is 8.27. The summed E-state index contributed by atoms with van der Waals surface area (Å²) in [6.45, 7) is 2.26. The fourth-order valence-corrected chi connectivity index (χ4v) is 1.19. The summed E-state index contributed by atoms with van der Waals surface area (Å²) in [6, 6.07) is 0. The Bertz CT molecular complexity index is 377. The smallest absolute Gasteiger partial charge is 0.347 e. The SMILES string of the molecule is CC(=O)O[C@@H](C)C(=O)O[C@@H](CC(=O)O)C(=O)P=O. The first-order valence-electron chi connectivity index (χ1n) is 4.74. The van der Waals surface area contributed by atoms with Gasteiger partial charge in [0, 0.05) is 6.92 Å². The van der Waals surface area contributed by atoms with Crippen LogP contribution in [0.2, 0.25) is 0 Å². The van der Waals surface area contributed by atoms with Gasteiger partial charge in [0.05, 0.1) is 6.42 Å². The molecule has 18 heavy (non-hydrogen) atoms. The van der Waals surface area contributed by atoms with Gasteiger partial charge in [0.1, 0.15) is 0 Å². The summed E-state index contributed by atoms with van der Waals surface area (Å²) >= 11 is 0. The van der Waals surface area contributed by atoms with Crippen molar-refractivity contribution >= 4 is 31.9 Å². The molecule has 0 spiro atoms. The zero-order valence-electron chi connectivity index (χ0n) is 9.61. The van der Waals surface area contributed by atoms with Crippen molar-refractivity contribution in [2.75, 3.05) is 0 Å². The molecule has 0 aliphatic rings. The maximum Gasteiger partial charge on any atom is 0.347 e. The molecule has 9 heteroatoms. The summed E-state index contributed by atoms with van der Waals surface area (Å²) < 4.78 is 19.3. The first kappa shape index (κ1) is 16.2. The highest BCUT2D eigenvalue weighted by Crippen LogP contribution is 2.11. The molecule has 0 aliphatic carbocycles. The maximum absolute atomic E-state index is 11.3. The van der Waals surface area contributed by atoms with E-state index in [4.69, 9.17) is 5.11 Å². The van der Waals surface area contributed by atoms with Crippen LogP contribution in [0.1, 0.15) is 20.3 Å². The number of carbonyl (C=O) groups excluding carboxylic acids is 3. The average Bonchev–Trinajstić information content (AvgIpc) is 2.25. The van der Waals surface area contributed by atoms with E-state index in [1.54, 1.807) is 0 Å². The highest BCUT2D eigenvalue weighted by atomic mass is 31.1. The largest absolute Gasteiger partial charge is 0.481 e. The summed E-state index contributed by atoms with van der Waals surface area (Å²) in [5.41, 5.74) is -1.08. The Morgan fingerprint density at radius 3 is 2.17 bits per heavy atom. The molecular weight excluding hydrogens is 267 g/mol. The molecule has 0 fully saturated rings. The number of carboxylic acids is 1. The van der Waals surface area contributed by atoms with Gasteiger partial charge in [-0.3, -0.25) is 18.9 Å². The number of rotatable bonds is 7. The zero-order valence-corrected chi connectivity index (χ0v) is 10.5. The van der Waals surface area contributed by atoms with E-state index in [2.05, 4.69) is 9.47 Å². The van der Waals surface area contributed by atoms with Gasteiger partial charge in [-0.15, -0.1) is 0 Å². The van der Waals surface area contributed by atoms with Crippen LogP contribution in [-0.4, -0.2) is 40.7 Å². The van der Waals surface area contributed by atoms with Gasteiger partial charge in [0.2, 0.25) is 8.46 Å². The van der Waals surface area contributed by atoms with Crippen molar-refractivity contribution < 1.29 is 38.3 Å². The molecular formula is C9H11O8P. The molecule has 2 atom stereocenters. The van der Waals surface area contributed by atoms with E-state index in [1.165, 1.54) is 6.92 Å². The number of carboxylic acid groups (broad SMARTS) is 1. The number of ether oxygens (including phenoxy) is 2. The Balaban J connectivity index is 4.61.